The zero-order valence-corrected chi connectivity index (χ0v) is 15.4. The molecule has 0 N–H and O–H groups in total. The summed E-state index contributed by atoms with van der Waals surface area (Å²) >= 11 is 0. The first-order chi connectivity index (χ1) is 11.7. The van der Waals surface area contributed by atoms with Crippen LogP contribution in [0.25, 0.3) is 0 Å². The van der Waals surface area contributed by atoms with Crippen molar-refractivity contribution in [3.63, 3.8) is 0 Å². The fourth-order valence-electron chi connectivity index (χ4n) is 4.41. The third kappa shape index (κ3) is 6.80. The Labute approximate surface area is 148 Å². The Morgan fingerprint density at radius 1 is 0.917 bits per heavy atom. The first kappa shape index (κ1) is 19.2. The molecule has 2 aliphatic rings. The molecule has 0 saturated heterocycles. The Morgan fingerprint density at radius 3 is 2.00 bits per heavy atom. The van der Waals surface area contributed by atoms with Crippen molar-refractivity contribution in [3.05, 3.63) is 24.1 Å². The molecule has 0 atom stereocenters. The van der Waals surface area contributed by atoms with Crippen LogP contribution in [-0.2, 0) is 0 Å². The Hall–Kier alpha value is -1.10. The predicted molar refractivity (Wildman–Crippen MR) is 99.0 cm³/mol. The van der Waals surface area contributed by atoms with Crippen molar-refractivity contribution in [3.8, 4) is 6.07 Å². The van der Waals surface area contributed by atoms with Gasteiger partial charge in [-0.15, -0.1) is 0 Å². The van der Waals surface area contributed by atoms with Crippen LogP contribution in [0.4, 0.5) is 4.39 Å². The quantitative estimate of drug-likeness (QED) is 0.277. The molecule has 0 aliphatic heterocycles. The second-order valence-corrected chi connectivity index (χ2v) is 7.96. The molecule has 2 fully saturated rings. The van der Waals surface area contributed by atoms with Crippen molar-refractivity contribution in [2.45, 2.75) is 84.0 Å². The minimum atomic E-state index is -0.607. The van der Waals surface area contributed by atoms with Crippen molar-refractivity contribution < 1.29 is 4.39 Å². The lowest BCUT2D eigenvalue weighted by Gasteiger charge is -2.28. The number of allylic oxidation sites excluding steroid dienone is 4. The SMILES string of the molecule is CCCCCC1CCC(/C=C/C2CCC(C=C(F)C#N)CC2)CC1. The van der Waals surface area contributed by atoms with Gasteiger partial charge in [-0.25, -0.2) is 0 Å². The topological polar surface area (TPSA) is 23.8 Å². The minimum absolute atomic E-state index is 0.271. The van der Waals surface area contributed by atoms with E-state index in [-0.39, 0.29) is 5.92 Å². The number of hydrogen-bond acceptors (Lipinski definition) is 1. The third-order valence-electron chi connectivity index (χ3n) is 6.07. The molecule has 2 aliphatic carbocycles. The lowest BCUT2D eigenvalue weighted by atomic mass is 9.78. The van der Waals surface area contributed by atoms with E-state index < -0.39 is 5.83 Å². The summed E-state index contributed by atoms with van der Waals surface area (Å²) in [5.41, 5.74) is 0. The Morgan fingerprint density at radius 2 is 1.46 bits per heavy atom. The Kier molecular flexibility index (Phi) is 8.57. The standard InChI is InChI=1S/C22H34FN/c1-2-3-4-5-18-6-8-19(9-7-18)10-11-20-12-14-21(15-13-20)16-22(23)17-24/h10-11,16,18-21H,2-9,12-15H2,1H3/b11-10+,22-16?. The summed E-state index contributed by atoms with van der Waals surface area (Å²) in [5, 5.41) is 8.52. The van der Waals surface area contributed by atoms with Gasteiger partial charge in [0.2, 0.25) is 0 Å². The van der Waals surface area contributed by atoms with Gasteiger partial charge in [-0.05, 0) is 81.1 Å². The molecular weight excluding hydrogens is 297 g/mol. The largest absolute Gasteiger partial charge is 0.196 e. The molecular formula is C22H34FN. The lowest BCUT2D eigenvalue weighted by molar-refractivity contribution is 0.287. The summed E-state index contributed by atoms with van der Waals surface area (Å²) in [5.74, 6) is 2.11. The van der Waals surface area contributed by atoms with Crippen molar-refractivity contribution >= 4 is 0 Å². The Balaban J connectivity index is 1.64. The van der Waals surface area contributed by atoms with Crippen molar-refractivity contribution in [1.29, 1.82) is 5.26 Å². The van der Waals surface area contributed by atoms with E-state index in [4.69, 9.17) is 5.26 Å². The van der Waals surface area contributed by atoms with Crippen molar-refractivity contribution in [1.82, 2.24) is 0 Å². The molecule has 0 heterocycles. The summed E-state index contributed by atoms with van der Waals surface area (Å²) < 4.78 is 13.0. The van der Waals surface area contributed by atoms with E-state index >= 15 is 0 Å². The predicted octanol–water partition coefficient (Wildman–Crippen LogP) is 7.11. The molecule has 0 aromatic rings. The van der Waals surface area contributed by atoms with Crippen LogP contribution in [0.2, 0.25) is 0 Å². The number of unbranched alkanes of at least 4 members (excludes halogenated alkanes) is 2. The van der Waals surface area contributed by atoms with Crippen molar-refractivity contribution in [2.75, 3.05) is 0 Å². The maximum Gasteiger partial charge on any atom is 0.196 e. The normalized spacial score (nSPS) is 32.0. The van der Waals surface area contributed by atoms with E-state index in [1.165, 1.54) is 57.4 Å². The van der Waals surface area contributed by atoms with Crippen LogP contribution in [0.1, 0.15) is 84.0 Å². The fraction of sp³-hybridized carbons (Fsp3) is 0.773. The number of halogens is 1. The second kappa shape index (κ2) is 10.7. The molecule has 24 heavy (non-hydrogen) atoms. The highest BCUT2D eigenvalue weighted by Crippen LogP contribution is 2.35. The molecule has 134 valence electrons. The highest BCUT2D eigenvalue weighted by molar-refractivity contribution is 5.13. The van der Waals surface area contributed by atoms with Crippen LogP contribution in [0.5, 0.6) is 0 Å². The zero-order valence-electron chi connectivity index (χ0n) is 15.4. The van der Waals surface area contributed by atoms with Crippen LogP contribution >= 0.6 is 0 Å². The average Bonchev–Trinajstić information content (AvgIpc) is 2.62. The van der Waals surface area contributed by atoms with Gasteiger partial charge in [0.15, 0.2) is 5.83 Å². The van der Waals surface area contributed by atoms with Crippen LogP contribution in [0.15, 0.2) is 24.1 Å². The summed E-state index contributed by atoms with van der Waals surface area (Å²) in [6.07, 6.45) is 22.0. The molecule has 0 bridgehead atoms. The fourth-order valence-corrected chi connectivity index (χ4v) is 4.41. The summed E-state index contributed by atoms with van der Waals surface area (Å²) in [6, 6.07) is 1.59. The first-order valence-electron chi connectivity index (χ1n) is 10.2. The summed E-state index contributed by atoms with van der Waals surface area (Å²) in [6.45, 7) is 2.28. The maximum absolute atomic E-state index is 13.0. The highest BCUT2D eigenvalue weighted by atomic mass is 19.1. The van der Waals surface area contributed by atoms with Gasteiger partial charge in [-0.3, -0.25) is 0 Å². The third-order valence-corrected chi connectivity index (χ3v) is 6.07. The van der Waals surface area contributed by atoms with Gasteiger partial charge < -0.3 is 0 Å². The molecule has 0 aromatic heterocycles. The minimum Gasteiger partial charge on any atom is -0.195 e. The number of hydrogen-bond donors (Lipinski definition) is 0. The molecule has 0 aromatic carbocycles. The number of nitrogens with zero attached hydrogens (tertiary/aromatic N) is 1. The van der Waals surface area contributed by atoms with Gasteiger partial charge in [-0.1, -0.05) is 44.8 Å². The molecule has 0 unspecified atom stereocenters. The highest BCUT2D eigenvalue weighted by Gasteiger charge is 2.21. The van der Waals surface area contributed by atoms with Gasteiger partial charge in [0.1, 0.15) is 6.07 Å². The Bertz CT molecular complexity index is 443. The van der Waals surface area contributed by atoms with E-state index in [2.05, 4.69) is 19.1 Å². The van der Waals surface area contributed by atoms with E-state index in [0.717, 1.165) is 37.5 Å². The van der Waals surface area contributed by atoms with Gasteiger partial charge in [0.25, 0.3) is 0 Å². The number of rotatable bonds is 7. The van der Waals surface area contributed by atoms with E-state index in [1.54, 1.807) is 6.07 Å². The summed E-state index contributed by atoms with van der Waals surface area (Å²) in [4.78, 5) is 0. The molecule has 0 radical (unpaired) electrons. The smallest absolute Gasteiger partial charge is 0.195 e. The van der Waals surface area contributed by atoms with Crippen LogP contribution in [0, 0.1) is 35.0 Å². The van der Waals surface area contributed by atoms with Crippen molar-refractivity contribution in [2.24, 2.45) is 23.7 Å². The van der Waals surface area contributed by atoms with Crippen LogP contribution < -0.4 is 0 Å². The molecule has 2 rings (SSSR count). The monoisotopic (exact) mass is 331 g/mol. The molecule has 2 saturated carbocycles. The summed E-state index contributed by atoms with van der Waals surface area (Å²) in [7, 11) is 0. The lowest BCUT2D eigenvalue weighted by Crippen LogP contribution is -2.14. The van der Waals surface area contributed by atoms with Gasteiger partial charge in [0, 0.05) is 0 Å². The van der Waals surface area contributed by atoms with Crippen LogP contribution in [-0.4, -0.2) is 0 Å². The number of nitriles is 1. The molecule has 1 nitrogen and oxygen atoms in total. The molecule has 2 heteroatoms. The average molecular weight is 332 g/mol. The van der Waals surface area contributed by atoms with E-state index in [1.807, 2.05) is 0 Å². The first-order valence-corrected chi connectivity index (χ1v) is 10.2. The van der Waals surface area contributed by atoms with E-state index in [9.17, 15) is 4.39 Å². The zero-order chi connectivity index (χ0) is 17.2. The molecule has 0 spiro atoms. The van der Waals surface area contributed by atoms with E-state index in [0.29, 0.717) is 5.92 Å². The maximum atomic E-state index is 13.0. The van der Waals surface area contributed by atoms with Crippen LogP contribution in [0.3, 0.4) is 0 Å². The molecule has 0 amide bonds. The second-order valence-electron chi connectivity index (χ2n) is 7.96. The van der Waals surface area contributed by atoms with Gasteiger partial charge in [0.05, 0.1) is 0 Å². The van der Waals surface area contributed by atoms with Gasteiger partial charge >= 0.3 is 0 Å². The van der Waals surface area contributed by atoms with Gasteiger partial charge in [-0.2, -0.15) is 9.65 Å².